The van der Waals surface area contributed by atoms with Crippen molar-refractivity contribution in [2.24, 2.45) is 0 Å². The van der Waals surface area contributed by atoms with Crippen molar-refractivity contribution >= 4 is 27.3 Å². The van der Waals surface area contributed by atoms with Crippen LogP contribution >= 0.6 is 11.3 Å². The number of sulfonamides is 1. The minimum Gasteiger partial charge on any atom is -0.379 e. The topological polar surface area (TPSA) is 70.2 Å². The summed E-state index contributed by atoms with van der Waals surface area (Å²) in [4.78, 5) is 18.3. The first kappa shape index (κ1) is 28.3. The van der Waals surface area contributed by atoms with Crippen LogP contribution in [0.4, 0.5) is 8.78 Å². The molecule has 204 valence electrons. The maximum atomic E-state index is 13.7. The number of carbonyl (C=O) groups excluding carboxylic acids is 1. The summed E-state index contributed by atoms with van der Waals surface area (Å²) < 4.78 is 60.7. The molecule has 0 spiro atoms. The van der Waals surface area contributed by atoms with Crippen molar-refractivity contribution in [1.29, 1.82) is 0 Å². The Morgan fingerprint density at radius 2 is 1.61 bits per heavy atom. The Morgan fingerprint density at radius 1 is 0.974 bits per heavy atom. The fraction of sp³-hybridized carbons (Fsp3) is 0.370. The second kappa shape index (κ2) is 12.9. The Labute approximate surface area is 226 Å². The third-order valence-corrected chi connectivity index (χ3v) is 9.34. The molecule has 1 aromatic heterocycles. The van der Waals surface area contributed by atoms with Crippen molar-refractivity contribution in [2.45, 2.75) is 24.9 Å². The summed E-state index contributed by atoms with van der Waals surface area (Å²) in [6, 6.07) is 12.5. The van der Waals surface area contributed by atoms with Gasteiger partial charge in [-0.3, -0.25) is 9.69 Å². The van der Waals surface area contributed by atoms with Crippen LogP contribution in [-0.4, -0.2) is 74.4 Å². The van der Waals surface area contributed by atoms with E-state index >= 15 is 0 Å². The zero-order valence-corrected chi connectivity index (χ0v) is 22.8. The number of halogens is 2. The number of morpholine rings is 1. The van der Waals surface area contributed by atoms with Crippen LogP contribution in [0, 0.1) is 18.6 Å². The van der Waals surface area contributed by atoms with Crippen molar-refractivity contribution in [1.82, 2.24) is 14.1 Å². The highest BCUT2D eigenvalue weighted by molar-refractivity contribution is 7.89. The molecule has 0 bridgehead atoms. The number of nitrogens with zero attached hydrogens (tertiary/aromatic N) is 3. The molecular weight excluding hydrogens is 532 g/mol. The summed E-state index contributed by atoms with van der Waals surface area (Å²) in [5.41, 5.74) is 1.77. The van der Waals surface area contributed by atoms with Crippen LogP contribution in [0.1, 0.15) is 16.0 Å². The highest BCUT2D eigenvalue weighted by atomic mass is 32.2. The minimum atomic E-state index is -4.08. The van der Waals surface area contributed by atoms with Crippen LogP contribution in [0.3, 0.4) is 0 Å². The fourth-order valence-corrected chi connectivity index (χ4v) is 6.45. The number of hydrogen-bond acceptors (Lipinski definition) is 6. The zero-order chi connectivity index (χ0) is 27.1. The van der Waals surface area contributed by atoms with Gasteiger partial charge >= 0.3 is 0 Å². The number of thiophene rings is 1. The van der Waals surface area contributed by atoms with Gasteiger partial charge in [-0.15, -0.1) is 11.3 Å². The minimum absolute atomic E-state index is 0.0761. The molecule has 0 atom stereocenters. The van der Waals surface area contributed by atoms with Crippen LogP contribution in [-0.2, 0) is 32.6 Å². The summed E-state index contributed by atoms with van der Waals surface area (Å²) in [6.45, 7) is 5.07. The molecule has 0 aliphatic carbocycles. The molecule has 11 heteroatoms. The molecule has 1 aliphatic rings. The highest BCUT2D eigenvalue weighted by Crippen LogP contribution is 2.21. The van der Waals surface area contributed by atoms with Crippen molar-refractivity contribution in [3.05, 3.63) is 87.6 Å². The lowest BCUT2D eigenvalue weighted by Gasteiger charge is -2.31. The van der Waals surface area contributed by atoms with Crippen LogP contribution in [0.25, 0.3) is 0 Å². The van der Waals surface area contributed by atoms with Gasteiger partial charge in [-0.25, -0.2) is 17.2 Å². The number of benzene rings is 2. The summed E-state index contributed by atoms with van der Waals surface area (Å²) in [7, 11) is -4.08. The molecule has 1 fully saturated rings. The molecule has 0 radical (unpaired) electrons. The van der Waals surface area contributed by atoms with Gasteiger partial charge in [-0.1, -0.05) is 12.1 Å². The SMILES string of the molecule is Cc1ccsc1CN(Cc1ccc(F)cc1)C(=O)CN(CCN1CCOCC1)S(=O)(=O)c1ccc(F)cc1. The summed E-state index contributed by atoms with van der Waals surface area (Å²) in [6.07, 6.45) is 0. The molecule has 0 unspecified atom stereocenters. The van der Waals surface area contributed by atoms with Gasteiger partial charge in [-0.05, 0) is 65.9 Å². The van der Waals surface area contributed by atoms with Crippen LogP contribution in [0.15, 0.2) is 64.9 Å². The first-order chi connectivity index (χ1) is 18.2. The quantitative estimate of drug-likeness (QED) is 0.354. The normalized spacial score (nSPS) is 14.6. The third-order valence-electron chi connectivity index (χ3n) is 6.47. The summed E-state index contributed by atoms with van der Waals surface area (Å²) >= 11 is 1.52. The molecule has 0 N–H and O–H groups in total. The predicted molar refractivity (Wildman–Crippen MR) is 142 cm³/mol. The van der Waals surface area contributed by atoms with Crippen molar-refractivity contribution in [3.8, 4) is 0 Å². The Kier molecular flexibility index (Phi) is 9.61. The molecule has 2 heterocycles. The van der Waals surface area contributed by atoms with E-state index in [1.165, 1.54) is 35.6 Å². The number of rotatable bonds is 11. The van der Waals surface area contributed by atoms with E-state index in [1.54, 1.807) is 17.0 Å². The maximum absolute atomic E-state index is 13.7. The maximum Gasteiger partial charge on any atom is 0.243 e. The second-order valence-electron chi connectivity index (χ2n) is 9.15. The van der Waals surface area contributed by atoms with E-state index in [9.17, 15) is 22.0 Å². The van der Waals surface area contributed by atoms with E-state index in [0.717, 1.165) is 32.4 Å². The summed E-state index contributed by atoms with van der Waals surface area (Å²) in [5.74, 6) is -1.30. The van der Waals surface area contributed by atoms with E-state index in [2.05, 4.69) is 4.90 Å². The van der Waals surface area contributed by atoms with E-state index in [1.807, 2.05) is 18.4 Å². The molecule has 38 heavy (non-hydrogen) atoms. The first-order valence-corrected chi connectivity index (χ1v) is 14.7. The smallest absolute Gasteiger partial charge is 0.243 e. The van der Waals surface area contributed by atoms with E-state index in [4.69, 9.17) is 4.74 Å². The zero-order valence-electron chi connectivity index (χ0n) is 21.2. The molecule has 1 saturated heterocycles. The van der Waals surface area contributed by atoms with E-state index in [0.29, 0.717) is 39.4 Å². The van der Waals surface area contributed by atoms with Crippen LogP contribution in [0.2, 0.25) is 0 Å². The standard InChI is InChI=1S/C27H31F2N3O4S2/c1-21-10-17-37-26(21)19-31(18-22-2-4-23(28)5-3-22)27(33)20-32(12-11-30-13-15-36-16-14-30)38(34,35)25-8-6-24(29)7-9-25/h2-10,17H,11-16,18-20H2,1H3. The van der Waals surface area contributed by atoms with Crippen LogP contribution < -0.4 is 0 Å². The van der Waals surface area contributed by atoms with Gasteiger partial charge in [0.05, 0.1) is 31.2 Å². The van der Waals surface area contributed by atoms with Gasteiger partial charge in [0.25, 0.3) is 0 Å². The Morgan fingerprint density at radius 3 is 2.21 bits per heavy atom. The number of hydrogen-bond donors (Lipinski definition) is 0. The van der Waals surface area contributed by atoms with Crippen molar-refractivity contribution in [2.75, 3.05) is 45.9 Å². The number of ether oxygens (including phenoxy) is 1. The van der Waals surface area contributed by atoms with Gasteiger partial charge in [-0.2, -0.15) is 4.31 Å². The largest absolute Gasteiger partial charge is 0.379 e. The lowest BCUT2D eigenvalue weighted by atomic mass is 10.2. The van der Waals surface area contributed by atoms with Gasteiger partial charge in [0.1, 0.15) is 11.6 Å². The number of carbonyl (C=O) groups is 1. The average Bonchev–Trinajstić information content (AvgIpc) is 3.32. The molecule has 4 rings (SSSR count). The monoisotopic (exact) mass is 563 g/mol. The van der Waals surface area contributed by atoms with Crippen LogP contribution in [0.5, 0.6) is 0 Å². The third kappa shape index (κ3) is 7.45. The van der Waals surface area contributed by atoms with Gasteiger partial charge in [0, 0.05) is 37.6 Å². The van der Waals surface area contributed by atoms with Gasteiger partial charge in [0.2, 0.25) is 15.9 Å². The van der Waals surface area contributed by atoms with Crippen molar-refractivity contribution in [3.63, 3.8) is 0 Å². The number of aryl methyl sites for hydroxylation is 1. The molecule has 7 nitrogen and oxygen atoms in total. The Balaban J connectivity index is 1.58. The molecular formula is C27H31F2N3O4S2. The van der Waals surface area contributed by atoms with E-state index < -0.39 is 15.8 Å². The van der Waals surface area contributed by atoms with Crippen molar-refractivity contribution < 1.29 is 26.7 Å². The Bertz CT molecular complexity index is 1310. The average molecular weight is 564 g/mol. The lowest BCUT2D eigenvalue weighted by molar-refractivity contribution is -0.132. The molecule has 1 aliphatic heterocycles. The lowest BCUT2D eigenvalue weighted by Crippen LogP contribution is -2.47. The Hall–Kier alpha value is -2.70. The second-order valence-corrected chi connectivity index (χ2v) is 12.1. The summed E-state index contributed by atoms with van der Waals surface area (Å²) in [5, 5.41) is 1.94. The van der Waals surface area contributed by atoms with E-state index in [-0.39, 0.29) is 36.3 Å². The molecule has 2 aromatic carbocycles. The fourth-order valence-electron chi connectivity index (χ4n) is 4.15. The highest BCUT2D eigenvalue weighted by Gasteiger charge is 2.29. The molecule has 1 amide bonds. The predicted octanol–water partition coefficient (Wildman–Crippen LogP) is 3.89. The van der Waals surface area contributed by atoms with Gasteiger partial charge < -0.3 is 9.64 Å². The molecule has 0 saturated carbocycles. The van der Waals surface area contributed by atoms with Gasteiger partial charge in [0.15, 0.2) is 0 Å². The first-order valence-electron chi connectivity index (χ1n) is 12.3. The number of amides is 1. The molecule has 3 aromatic rings.